The third kappa shape index (κ3) is 3.96. The molecule has 0 bridgehead atoms. The predicted octanol–water partition coefficient (Wildman–Crippen LogP) is 1.57. The van der Waals surface area contributed by atoms with Gasteiger partial charge in [0.1, 0.15) is 5.41 Å². The molecule has 0 aliphatic carbocycles. The SMILES string of the molecule is CC1CCCN(C(=O)C(C)(C)C(=O)NCC2CCCO2)C1. The van der Waals surface area contributed by atoms with Crippen molar-refractivity contribution in [2.24, 2.45) is 11.3 Å². The summed E-state index contributed by atoms with van der Waals surface area (Å²) in [5, 5.41) is 2.88. The highest BCUT2D eigenvalue weighted by Gasteiger charge is 2.40. The molecule has 1 N–H and O–H groups in total. The van der Waals surface area contributed by atoms with Crippen LogP contribution in [0.25, 0.3) is 0 Å². The van der Waals surface area contributed by atoms with Crippen molar-refractivity contribution in [2.75, 3.05) is 26.2 Å². The Kier molecular flexibility index (Phi) is 5.25. The van der Waals surface area contributed by atoms with E-state index in [4.69, 9.17) is 4.74 Å². The van der Waals surface area contributed by atoms with Crippen molar-refractivity contribution in [1.82, 2.24) is 10.2 Å². The molecular formula is C16H28N2O3. The monoisotopic (exact) mass is 296 g/mol. The van der Waals surface area contributed by atoms with Crippen LogP contribution in [0.1, 0.15) is 46.5 Å². The Balaban J connectivity index is 1.88. The van der Waals surface area contributed by atoms with Gasteiger partial charge in [0.25, 0.3) is 0 Å². The van der Waals surface area contributed by atoms with Crippen LogP contribution < -0.4 is 5.32 Å². The molecule has 2 unspecified atom stereocenters. The fourth-order valence-corrected chi connectivity index (χ4v) is 3.10. The third-order valence-electron chi connectivity index (χ3n) is 4.56. The van der Waals surface area contributed by atoms with Crippen molar-refractivity contribution in [2.45, 2.75) is 52.6 Å². The second-order valence-electron chi connectivity index (χ2n) is 6.97. The number of carbonyl (C=O) groups is 2. The Morgan fingerprint density at radius 1 is 1.29 bits per heavy atom. The first kappa shape index (κ1) is 16.3. The lowest BCUT2D eigenvalue weighted by molar-refractivity contribution is -0.150. The molecule has 0 saturated carbocycles. The van der Waals surface area contributed by atoms with Crippen LogP contribution in [0, 0.1) is 11.3 Å². The largest absolute Gasteiger partial charge is 0.376 e. The zero-order valence-corrected chi connectivity index (χ0v) is 13.5. The first-order valence-electron chi connectivity index (χ1n) is 8.10. The molecule has 2 aliphatic rings. The first-order valence-corrected chi connectivity index (χ1v) is 8.10. The van der Waals surface area contributed by atoms with Gasteiger partial charge in [-0.15, -0.1) is 0 Å². The standard InChI is InChI=1S/C16H28N2O3/c1-12-6-4-8-18(11-12)15(20)16(2,3)14(19)17-10-13-7-5-9-21-13/h12-13H,4-11H2,1-3H3,(H,17,19). The van der Waals surface area contributed by atoms with Gasteiger partial charge >= 0.3 is 0 Å². The maximum absolute atomic E-state index is 12.6. The number of ether oxygens (including phenoxy) is 1. The number of nitrogens with zero attached hydrogens (tertiary/aromatic N) is 1. The van der Waals surface area contributed by atoms with Crippen LogP contribution in [0.4, 0.5) is 0 Å². The van der Waals surface area contributed by atoms with Crippen molar-refractivity contribution in [1.29, 1.82) is 0 Å². The van der Waals surface area contributed by atoms with Gasteiger partial charge in [0.05, 0.1) is 6.10 Å². The van der Waals surface area contributed by atoms with Gasteiger partial charge in [0, 0.05) is 26.2 Å². The van der Waals surface area contributed by atoms with Crippen LogP contribution in [0.2, 0.25) is 0 Å². The number of nitrogens with one attached hydrogen (secondary N) is 1. The summed E-state index contributed by atoms with van der Waals surface area (Å²) in [5.74, 6) is 0.272. The summed E-state index contributed by atoms with van der Waals surface area (Å²) in [6, 6.07) is 0. The normalized spacial score (nSPS) is 26.7. The molecule has 2 heterocycles. The van der Waals surface area contributed by atoms with Gasteiger partial charge in [-0.25, -0.2) is 0 Å². The maximum atomic E-state index is 12.6. The molecule has 2 atom stereocenters. The summed E-state index contributed by atoms with van der Waals surface area (Å²) in [5.41, 5.74) is -1.00. The molecule has 2 rings (SSSR count). The van der Waals surface area contributed by atoms with Gasteiger partial charge < -0.3 is 15.0 Å². The quantitative estimate of drug-likeness (QED) is 0.801. The van der Waals surface area contributed by atoms with E-state index < -0.39 is 5.41 Å². The number of piperidine rings is 1. The summed E-state index contributed by atoms with van der Waals surface area (Å²) in [7, 11) is 0. The highest BCUT2D eigenvalue weighted by Crippen LogP contribution is 2.24. The van der Waals surface area contributed by atoms with E-state index in [-0.39, 0.29) is 17.9 Å². The minimum atomic E-state index is -1.00. The average molecular weight is 296 g/mol. The van der Waals surface area contributed by atoms with Crippen LogP contribution in [0.5, 0.6) is 0 Å². The molecule has 120 valence electrons. The first-order chi connectivity index (χ1) is 9.91. The second-order valence-corrected chi connectivity index (χ2v) is 6.97. The number of carbonyl (C=O) groups excluding carboxylic acids is 2. The van der Waals surface area contributed by atoms with E-state index in [0.717, 1.165) is 45.4 Å². The number of hydrogen-bond acceptors (Lipinski definition) is 3. The van der Waals surface area contributed by atoms with E-state index in [1.54, 1.807) is 13.8 Å². The van der Waals surface area contributed by atoms with Gasteiger partial charge in [-0.3, -0.25) is 9.59 Å². The topological polar surface area (TPSA) is 58.6 Å². The summed E-state index contributed by atoms with van der Waals surface area (Å²) in [6.45, 7) is 8.41. The van der Waals surface area contributed by atoms with Gasteiger partial charge in [-0.1, -0.05) is 6.92 Å². The van der Waals surface area contributed by atoms with Crippen LogP contribution in [-0.2, 0) is 14.3 Å². The molecule has 0 aromatic rings. The molecule has 2 saturated heterocycles. The van der Waals surface area contributed by atoms with E-state index in [1.807, 2.05) is 4.90 Å². The van der Waals surface area contributed by atoms with Crippen LogP contribution >= 0.6 is 0 Å². The molecule has 21 heavy (non-hydrogen) atoms. The highest BCUT2D eigenvalue weighted by molar-refractivity contribution is 6.04. The van der Waals surface area contributed by atoms with E-state index in [0.29, 0.717) is 12.5 Å². The lowest BCUT2D eigenvalue weighted by Crippen LogP contribution is -2.52. The minimum absolute atomic E-state index is 0.0566. The highest BCUT2D eigenvalue weighted by atomic mass is 16.5. The van der Waals surface area contributed by atoms with Gasteiger partial charge in [-0.05, 0) is 45.4 Å². The Morgan fingerprint density at radius 2 is 2.05 bits per heavy atom. The molecule has 0 aromatic heterocycles. The number of hydrogen-bond donors (Lipinski definition) is 1. The third-order valence-corrected chi connectivity index (χ3v) is 4.56. The summed E-state index contributed by atoms with van der Waals surface area (Å²) in [4.78, 5) is 26.9. The lowest BCUT2D eigenvalue weighted by Gasteiger charge is -2.36. The Labute approximate surface area is 127 Å². The van der Waals surface area contributed by atoms with E-state index in [2.05, 4.69) is 12.2 Å². The zero-order chi connectivity index (χ0) is 15.5. The summed E-state index contributed by atoms with van der Waals surface area (Å²) in [6.07, 6.45) is 4.33. The summed E-state index contributed by atoms with van der Waals surface area (Å²) >= 11 is 0. The molecule has 5 nitrogen and oxygen atoms in total. The molecule has 5 heteroatoms. The number of rotatable bonds is 4. The Bertz CT molecular complexity index is 389. The fraction of sp³-hybridized carbons (Fsp3) is 0.875. The van der Waals surface area contributed by atoms with Crippen LogP contribution in [0.15, 0.2) is 0 Å². The molecule has 0 aromatic carbocycles. The molecule has 2 aliphatic heterocycles. The van der Waals surface area contributed by atoms with Crippen molar-refractivity contribution in [3.05, 3.63) is 0 Å². The average Bonchev–Trinajstić information content (AvgIpc) is 2.97. The minimum Gasteiger partial charge on any atom is -0.376 e. The number of likely N-dealkylation sites (tertiary alicyclic amines) is 1. The Morgan fingerprint density at radius 3 is 2.67 bits per heavy atom. The van der Waals surface area contributed by atoms with Crippen molar-refractivity contribution in [3.8, 4) is 0 Å². The van der Waals surface area contributed by atoms with Gasteiger partial charge in [0.15, 0.2) is 0 Å². The van der Waals surface area contributed by atoms with E-state index >= 15 is 0 Å². The van der Waals surface area contributed by atoms with Gasteiger partial charge in [-0.2, -0.15) is 0 Å². The number of amides is 2. The maximum Gasteiger partial charge on any atom is 0.237 e. The van der Waals surface area contributed by atoms with Crippen LogP contribution in [0.3, 0.4) is 0 Å². The van der Waals surface area contributed by atoms with Gasteiger partial charge in [0.2, 0.25) is 11.8 Å². The lowest BCUT2D eigenvalue weighted by atomic mass is 9.88. The van der Waals surface area contributed by atoms with E-state index in [9.17, 15) is 9.59 Å². The van der Waals surface area contributed by atoms with Crippen LogP contribution in [-0.4, -0.2) is 49.1 Å². The van der Waals surface area contributed by atoms with Crippen molar-refractivity contribution < 1.29 is 14.3 Å². The fourth-order valence-electron chi connectivity index (χ4n) is 3.10. The zero-order valence-electron chi connectivity index (χ0n) is 13.5. The van der Waals surface area contributed by atoms with Crippen molar-refractivity contribution in [3.63, 3.8) is 0 Å². The smallest absolute Gasteiger partial charge is 0.237 e. The molecule has 0 radical (unpaired) electrons. The second kappa shape index (κ2) is 6.77. The van der Waals surface area contributed by atoms with Crippen molar-refractivity contribution >= 4 is 11.8 Å². The predicted molar refractivity (Wildman–Crippen MR) is 80.7 cm³/mol. The molecule has 2 amide bonds. The Hall–Kier alpha value is -1.10. The van der Waals surface area contributed by atoms with E-state index in [1.165, 1.54) is 0 Å². The summed E-state index contributed by atoms with van der Waals surface area (Å²) < 4.78 is 5.50. The molecule has 0 spiro atoms. The molecule has 2 fully saturated rings. The molecular weight excluding hydrogens is 268 g/mol.